The van der Waals surface area contributed by atoms with Crippen molar-refractivity contribution < 1.29 is 4.79 Å². The van der Waals surface area contributed by atoms with Crippen molar-refractivity contribution in [1.82, 2.24) is 9.91 Å². The van der Waals surface area contributed by atoms with Crippen molar-refractivity contribution in [2.45, 2.75) is 6.92 Å². The third-order valence-corrected chi connectivity index (χ3v) is 1.67. The van der Waals surface area contributed by atoms with Crippen LogP contribution in [0.2, 0.25) is 0 Å². The number of rotatable bonds is 0. The van der Waals surface area contributed by atoms with Crippen molar-refractivity contribution in [3.8, 4) is 0 Å². The van der Waals surface area contributed by atoms with Gasteiger partial charge in [0.15, 0.2) is 0 Å². The average molecular weight is 153 g/mol. The lowest BCUT2D eigenvalue weighted by Crippen LogP contribution is -2.41. The van der Waals surface area contributed by atoms with Gasteiger partial charge in [-0.15, -0.1) is 0 Å². The summed E-state index contributed by atoms with van der Waals surface area (Å²) >= 11 is 0. The van der Waals surface area contributed by atoms with Gasteiger partial charge in [0.2, 0.25) is 0 Å². The lowest BCUT2D eigenvalue weighted by Gasteiger charge is -2.29. The van der Waals surface area contributed by atoms with Gasteiger partial charge in [0.25, 0.3) is 5.91 Å². The standard InChI is InChI=1S/C7H11N3O/c1-5-7(11)9(3)6(2)10(4)8-5/h2H2,1,3-4H3. The smallest absolute Gasteiger partial charge is 0.275 e. The van der Waals surface area contributed by atoms with Gasteiger partial charge in [0.05, 0.1) is 0 Å². The van der Waals surface area contributed by atoms with E-state index in [4.69, 9.17) is 0 Å². The van der Waals surface area contributed by atoms with Crippen molar-refractivity contribution in [2.75, 3.05) is 14.1 Å². The molecule has 0 spiro atoms. The van der Waals surface area contributed by atoms with Crippen molar-refractivity contribution in [3.63, 3.8) is 0 Å². The minimum Gasteiger partial charge on any atom is -0.295 e. The van der Waals surface area contributed by atoms with Gasteiger partial charge in [-0.25, -0.2) is 0 Å². The van der Waals surface area contributed by atoms with Gasteiger partial charge in [0, 0.05) is 14.1 Å². The predicted octanol–water partition coefficient (Wildman–Crippen LogP) is 0.237. The van der Waals surface area contributed by atoms with Crippen LogP contribution < -0.4 is 0 Å². The first-order valence-electron chi connectivity index (χ1n) is 3.30. The molecule has 0 aromatic rings. The van der Waals surface area contributed by atoms with E-state index in [-0.39, 0.29) is 5.91 Å². The fraction of sp³-hybridized carbons (Fsp3) is 0.429. The highest BCUT2D eigenvalue weighted by Crippen LogP contribution is 2.10. The molecule has 0 radical (unpaired) electrons. The molecule has 1 aliphatic heterocycles. The van der Waals surface area contributed by atoms with E-state index in [2.05, 4.69) is 11.7 Å². The lowest BCUT2D eigenvalue weighted by molar-refractivity contribution is -0.123. The zero-order valence-electron chi connectivity index (χ0n) is 6.96. The zero-order chi connectivity index (χ0) is 8.59. The number of nitrogens with zero attached hydrogens (tertiary/aromatic N) is 3. The van der Waals surface area contributed by atoms with Crippen LogP contribution >= 0.6 is 0 Å². The van der Waals surface area contributed by atoms with Gasteiger partial charge in [0.1, 0.15) is 11.5 Å². The Labute approximate surface area is 65.8 Å². The highest BCUT2D eigenvalue weighted by Gasteiger charge is 2.22. The van der Waals surface area contributed by atoms with E-state index >= 15 is 0 Å². The molecule has 11 heavy (non-hydrogen) atoms. The average Bonchev–Trinajstić information content (AvgIpc) is 1.97. The van der Waals surface area contributed by atoms with E-state index < -0.39 is 0 Å². The van der Waals surface area contributed by atoms with Gasteiger partial charge >= 0.3 is 0 Å². The third-order valence-electron chi connectivity index (χ3n) is 1.67. The maximum absolute atomic E-state index is 11.2. The van der Waals surface area contributed by atoms with Crippen molar-refractivity contribution in [2.24, 2.45) is 5.10 Å². The molecule has 0 bridgehead atoms. The largest absolute Gasteiger partial charge is 0.295 e. The Morgan fingerprint density at radius 2 is 2.00 bits per heavy atom. The van der Waals surface area contributed by atoms with E-state index in [1.54, 1.807) is 26.0 Å². The Kier molecular flexibility index (Phi) is 1.68. The molecule has 60 valence electrons. The molecule has 1 heterocycles. The summed E-state index contributed by atoms with van der Waals surface area (Å²) in [5.41, 5.74) is 0.488. The molecule has 0 atom stereocenters. The van der Waals surface area contributed by atoms with Gasteiger partial charge in [-0.1, -0.05) is 6.58 Å². The summed E-state index contributed by atoms with van der Waals surface area (Å²) < 4.78 is 0. The molecule has 0 fully saturated rings. The number of hydrazone groups is 1. The van der Waals surface area contributed by atoms with Gasteiger partial charge < -0.3 is 0 Å². The maximum atomic E-state index is 11.2. The van der Waals surface area contributed by atoms with Crippen molar-refractivity contribution in [3.05, 3.63) is 12.4 Å². The molecule has 0 unspecified atom stereocenters. The van der Waals surface area contributed by atoms with Crippen LogP contribution in [0, 0.1) is 0 Å². The van der Waals surface area contributed by atoms with Crippen LogP contribution in [0.1, 0.15) is 6.92 Å². The maximum Gasteiger partial charge on any atom is 0.275 e. The lowest BCUT2D eigenvalue weighted by atomic mass is 10.3. The monoisotopic (exact) mass is 153 g/mol. The highest BCUT2D eigenvalue weighted by molar-refractivity contribution is 6.38. The highest BCUT2D eigenvalue weighted by atomic mass is 16.2. The Balaban J connectivity index is 3.01. The molecular formula is C7H11N3O. The molecule has 4 heteroatoms. The minimum absolute atomic E-state index is 0.0897. The Hall–Kier alpha value is -1.32. The quantitative estimate of drug-likeness (QED) is 0.499. The van der Waals surface area contributed by atoms with E-state index in [0.29, 0.717) is 11.5 Å². The number of carbonyl (C=O) groups is 1. The second-order valence-corrected chi connectivity index (χ2v) is 2.49. The molecule has 1 amide bonds. The van der Waals surface area contributed by atoms with Crippen molar-refractivity contribution in [1.29, 1.82) is 0 Å². The molecule has 1 rings (SSSR count). The van der Waals surface area contributed by atoms with Gasteiger partial charge in [-0.05, 0) is 6.92 Å². The molecule has 0 aromatic heterocycles. The fourth-order valence-corrected chi connectivity index (χ4v) is 0.902. The summed E-state index contributed by atoms with van der Waals surface area (Å²) in [4.78, 5) is 12.7. The van der Waals surface area contributed by atoms with Crippen LogP contribution in [0.25, 0.3) is 0 Å². The van der Waals surface area contributed by atoms with Gasteiger partial charge in [-0.3, -0.25) is 14.7 Å². The summed E-state index contributed by atoms with van der Waals surface area (Å²) in [6, 6.07) is 0. The van der Waals surface area contributed by atoms with Gasteiger partial charge in [-0.2, -0.15) is 5.10 Å². The molecule has 4 nitrogen and oxygen atoms in total. The van der Waals surface area contributed by atoms with Crippen molar-refractivity contribution >= 4 is 11.6 Å². The van der Waals surface area contributed by atoms with E-state index in [1.807, 2.05) is 0 Å². The topological polar surface area (TPSA) is 35.9 Å². The predicted molar refractivity (Wildman–Crippen MR) is 42.8 cm³/mol. The van der Waals surface area contributed by atoms with Crippen LogP contribution in [0.5, 0.6) is 0 Å². The van der Waals surface area contributed by atoms with E-state index in [0.717, 1.165) is 0 Å². The van der Waals surface area contributed by atoms with Crippen LogP contribution in [0.3, 0.4) is 0 Å². The Morgan fingerprint density at radius 1 is 1.45 bits per heavy atom. The molecule has 0 N–H and O–H groups in total. The Bertz CT molecular complexity index is 244. The van der Waals surface area contributed by atoms with E-state index in [9.17, 15) is 4.79 Å². The fourth-order valence-electron chi connectivity index (χ4n) is 0.902. The number of carbonyl (C=O) groups excluding carboxylic acids is 1. The molecule has 0 saturated heterocycles. The number of amides is 1. The molecule has 1 aliphatic rings. The SMILES string of the molecule is C=C1N(C)N=C(C)C(=O)N1C. The second-order valence-electron chi connectivity index (χ2n) is 2.49. The summed E-state index contributed by atoms with van der Waals surface area (Å²) in [5.74, 6) is 0.508. The first kappa shape index (κ1) is 7.78. The number of hydrogen-bond acceptors (Lipinski definition) is 3. The molecule has 0 saturated carbocycles. The van der Waals surface area contributed by atoms with E-state index in [1.165, 1.54) is 4.90 Å². The first-order chi connectivity index (χ1) is 5.04. The summed E-state index contributed by atoms with van der Waals surface area (Å²) in [6.07, 6.45) is 0. The van der Waals surface area contributed by atoms with Crippen LogP contribution in [0.4, 0.5) is 0 Å². The summed E-state index contributed by atoms with van der Waals surface area (Å²) in [7, 11) is 3.44. The minimum atomic E-state index is -0.0897. The van der Waals surface area contributed by atoms with Crippen LogP contribution in [0.15, 0.2) is 17.5 Å². The second kappa shape index (κ2) is 2.38. The summed E-state index contributed by atoms with van der Waals surface area (Å²) in [6.45, 7) is 5.37. The van der Waals surface area contributed by atoms with Crippen LogP contribution in [-0.2, 0) is 4.79 Å². The van der Waals surface area contributed by atoms with Crippen LogP contribution in [-0.4, -0.2) is 35.6 Å². The molecule has 0 aromatic carbocycles. The summed E-state index contributed by atoms with van der Waals surface area (Å²) in [5, 5.41) is 5.53. The number of hydrogen-bond donors (Lipinski definition) is 0. The third kappa shape index (κ3) is 1.11. The first-order valence-corrected chi connectivity index (χ1v) is 3.30. The molecular weight excluding hydrogens is 142 g/mol. The molecule has 0 aliphatic carbocycles. The zero-order valence-corrected chi connectivity index (χ0v) is 6.96. The Morgan fingerprint density at radius 3 is 2.55 bits per heavy atom. The normalized spacial score (nSPS) is 19.0.